The van der Waals surface area contributed by atoms with E-state index in [0.29, 0.717) is 10.0 Å². The third-order valence-corrected chi connectivity index (χ3v) is 6.65. The first-order chi connectivity index (χ1) is 10.0. The Hall–Kier alpha value is 0.270. The first kappa shape index (κ1) is 17.6. The highest BCUT2D eigenvalue weighted by atomic mass is 79.9. The van der Waals surface area contributed by atoms with Gasteiger partial charge in [-0.25, -0.2) is 0 Å². The molecule has 2 rings (SSSR count). The molecular weight excluding hydrogens is 458 g/mol. The van der Waals surface area contributed by atoms with E-state index in [4.69, 9.17) is 34.8 Å². The molecule has 0 amide bonds. The van der Waals surface area contributed by atoms with Crippen LogP contribution in [-0.2, 0) is 11.8 Å². The highest BCUT2D eigenvalue weighted by molar-refractivity contribution is 9.09. The molecule has 2 aromatic rings. The Balaban J connectivity index is 2.45. The van der Waals surface area contributed by atoms with Crippen molar-refractivity contribution in [3.63, 3.8) is 0 Å². The summed E-state index contributed by atoms with van der Waals surface area (Å²) in [5.41, 5.74) is 2.02. The van der Waals surface area contributed by atoms with Gasteiger partial charge in [0.25, 0.3) is 0 Å². The second-order valence-electron chi connectivity index (χ2n) is 4.93. The average Bonchev–Trinajstić information content (AvgIpc) is 2.49. The van der Waals surface area contributed by atoms with Gasteiger partial charge >= 0.3 is 0 Å². The summed E-state index contributed by atoms with van der Waals surface area (Å²) in [6, 6.07) is 13.5. The molecule has 0 saturated carbocycles. The van der Waals surface area contributed by atoms with Crippen LogP contribution in [0.5, 0.6) is 0 Å². The standard InChI is InChI=1S/C16H13Br2Cl3/c17-9-16(10-18,11-4-6-12(19)7-5-11)8-13-14(20)2-1-3-15(13)21/h1-7H,8-10H2. The molecule has 0 aromatic heterocycles. The summed E-state index contributed by atoms with van der Waals surface area (Å²) in [4.78, 5) is 0. The summed E-state index contributed by atoms with van der Waals surface area (Å²) in [7, 11) is 0. The summed E-state index contributed by atoms with van der Waals surface area (Å²) < 4.78 is 0. The molecule has 0 bridgehead atoms. The number of benzene rings is 2. The maximum Gasteiger partial charge on any atom is 0.0453 e. The predicted molar refractivity (Wildman–Crippen MR) is 101 cm³/mol. The molecule has 0 nitrogen and oxygen atoms in total. The first-order valence-electron chi connectivity index (χ1n) is 6.33. The molecule has 0 atom stereocenters. The molecule has 21 heavy (non-hydrogen) atoms. The van der Waals surface area contributed by atoms with Crippen molar-refractivity contribution in [2.75, 3.05) is 10.7 Å². The Morgan fingerprint density at radius 3 is 1.81 bits per heavy atom. The fourth-order valence-electron chi connectivity index (χ4n) is 2.23. The van der Waals surface area contributed by atoms with E-state index in [1.807, 2.05) is 30.3 Å². The second-order valence-corrected chi connectivity index (χ2v) is 7.30. The molecule has 0 aliphatic rings. The van der Waals surface area contributed by atoms with E-state index in [1.54, 1.807) is 0 Å². The van der Waals surface area contributed by atoms with Gasteiger partial charge in [0.15, 0.2) is 0 Å². The Kier molecular flexibility index (Phi) is 6.46. The minimum atomic E-state index is -0.140. The van der Waals surface area contributed by atoms with Crippen LogP contribution in [0.15, 0.2) is 42.5 Å². The van der Waals surface area contributed by atoms with Crippen molar-refractivity contribution in [2.24, 2.45) is 0 Å². The first-order valence-corrected chi connectivity index (χ1v) is 9.71. The second kappa shape index (κ2) is 7.70. The third-order valence-electron chi connectivity index (χ3n) is 3.55. The lowest BCUT2D eigenvalue weighted by atomic mass is 9.79. The van der Waals surface area contributed by atoms with Crippen molar-refractivity contribution in [3.8, 4) is 0 Å². The number of rotatable bonds is 5. The molecule has 0 aliphatic heterocycles. The lowest BCUT2D eigenvalue weighted by Crippen LogP contribution is -2.33. The number of alkyl halides is 2. The van der Waals surface area contributed by atoms with Crippen LogP contribution in [0.1, 0.15) is 11.1 Å². The lowest BCUT2D eigenvalue weighted by molar-refractivity contribution is 0.551. The monoisotopic (exact) mass is 468 g/mol. The third kappa shape index (κ3) is 3.97. The van der Waals surface area contributed by atoms with Gasteiger partial charge < -0.3 is 0 Å². The molecule has 0 N–H and O–H groups in total. The zero-order chi connectivity index (χ0) is 15.5. The highest BCUT2D eigenvalue weighted by Gasteiger charge is 2.32. The molecule has 5 heteroatoms. The molecule has 2 aromatic carbocycles. The van der Waals surface area contributed by atoms with Crippen LogP contribution in [0.4, 0.5) is 0 Å². The van der Waals surface area contributed by atoms with E-state index in [-0.39, 0.29) is 5.41 Å². The molecule has 112 valence electrons. The smallest absolute Gasteiger partial charge is 0.0453 e. The molecule has 0 saturated heterocycles. The van der Waals surface area contributed by atoms with Gasteiger partial charge in [0.05, 0.1) is 0 Å². The van der Waals surface area contributed by atoms with Crippen molar-refractivity contribution in [2.45, 2.75) is 11.8 Å². The quantitative estimate of drug-likeness (QED) is 0.416. The zero-order valence-corrected chi connectivity index (χ0v) is 16.5. The molecule has 0 fully saturated rings. The molecule has 0 aliphatic carbocycles. The number of hydrogen-bond donors (Lipinski definition) is 0. The van der Waals surface area contributed by atoms with Gasteiger partial charge in [-0.05, 0) is 41.8 Å². The van der Waals surface area contributed by atoms with E-state index >= 15 is 0 Å². The summed E-state index contributed by atoms with van der Waals surface area (Å²) in [5.74, 6) is 0. The maximum absolute atomic E-state index is 6.33. The fourth-order valence-corrected chi connectivity index (χ4v) is 4.86. The molecule has 0 heterocycles. The summed E-state index contributed by atoms with van der Waals surface area (Å²) in [5, 5.41) is 3.70. The van der Waals surface area contributed by atoms with Crippen molar-refractivity contribution in [1.82, 2.24) is 0 Å². The number of hydrogen-bond acceptors (Lipinski definition) is 0. The van der Waals surface area contributed by atoms with Gasteiger partial charge in [-0.1, -0.05) is 84.9 Å². The Morgan fingerprint density at radius 2 is 1.33 bits per heavy atom. The minimum absolute atomic E-state index is 0.140. The normalized spacial score (nSPS) is 11.7. The predicted octanol–water partition coefficient (Wildman–Crippen LogP) is 6.92. The van der Waals surface area contributed by atoms with Crippen molar-refractivity contribution in [1.29, 1.82) is 0 Å². The van der Waals surface area contributed by atoms with E-state index < -0.39 is 0 Å². The van der Waals surface area contributed by atoms with E-state index in [0.717, 1.165) is 27.7 Å². The molecule has 0 spiro atoms. The van der Waals surface area contributed by atoms with Crippen molar-refractivity contribution < 1.29 is 0 Å². The average molecular weight is 471 g/mol. The van der Waals surface area contributed by atoms with Gasteiger partial charge in [0.1, 0.15) is 0 Å². The maximum atomic E-state index is 6.33. The van der Waals surface area contributed by atoms with E-state index in [2.05, 4.69) is 44.0 Å². The van der Waals surface area contributed by atoms with Gasteiger partial charge in [-0.3, -0.25) is 0 Å². The SMILES string of the molecule is Clc1ccc(C(CBr)(CBr)Cc2c(Cl)cccc2Cl)cc1. The molecule has 0 unspecified atom stereocenters. The molecular formula is C16H13Br2Cl3. The summed E-state index contributed by atoms with van der Waals surface area (Å²) in [6.45, 7) is 0. The topological polar surface area (TPSA) is 0 Å². The summed E-state index contributed by atoms with van der Waals surface area (Å²) in [6.07, 6.45) is 0.740. The van der Waals surface area contributed by atoms with E-state index in [9.17, 15) is 0 Å². The van der Waals surface area contributed by atoms with Crippen LogP contribution < -0.4 is 0 Å². The van der Waals surface area contributed by atoms with Gasteiger partial charge in [0.2, 0.25) is 0 Å². The Bertz CT molecular complexity index is 587. The van der Waals surface area contributed by atoms with Gasteiger partial charge in [-0.15, -0.1) is 0 Å². The largest absolute Gasteiger partial charge is 0.0918 e. The van der Waals surface area contributed by atoms with Crippen LogP contribution in [-0.4, -0.2) is 10.7 Å². The van der Waals surface area contributed by atoms with Crippen LogP contribution in [0.3, 0.4) is 0 Å². The lowest BCUT2D eigenvalue weighted by Gasteiger charge is -2.31. The van der Waals surface area contributed by atoms with E-state index in [1.165, 1.54) is 5.56 Å². The van der Waals surface area contributed by atoms with Gasteiger partial charge in [-0.2, -0.15) is 0 Å². The van der Waals surface area contributed by atoms with Crippen molar-refractivity contribution >= 4 is 66.7 Å². The van der Waals surface area contributed by atoms with Crippen molar-refractivity contribution in [3.05, 3.63) is 68.7 Å². The molecule has 0 radical (unpaired) electrons. The highest BCUT2D eigenvalue weighted by Crippen LogP contribution is 2.37. The number of halogens is 5. The van der Waals surface area contributed by atoms with Crippen LogP contribution >= 0.6 is 66.7 Å². The van der Waals surface area contributed by atoms with Gasteiger partial charge in [0, 0.05) is 31.1 Å². The zero-order valence-electron chi connectivity index (χ0n) is 11.1. The van der Waals surface area contributed by atoms with Crippen LogP contribution in [0.25, 0.3) is 0 Å². The fraction of sp³-hybridized carbons (Fsp3) is 0.250. The Labute approximate surface area is 157 Å². The van der Waals surface area contributed by atoms with Crippen LogP contribution in [0.2, 0.25) is 15.1 Å². The van der Waals surface area contributed by atoms with Crippen LogP contribution in [0, 0.1) is 0 Å². The summed E-state index contributed by atoms with van der Waals surface area (Å²) >= 11 is 25.9. The Morgan fingerprint density at radius 1 is 0.810 bits per heavy atom. The minimum Gasteiger partial charge on any atom is -0.0918 e.